The van der Waals surface area contributed by atoms with Crippen LogP contribution >= 0.6 is 0 Å². The number of carbonyl (C=O) groups excluding carboxylic acids is 1. The Labute approximate surface area is 198 Å². The van der Waals surface area contributed by atoms with Crippen molar-refractivity contribution in [2.24, 2.45) is 11.8 Å². The summed E-state index contributed by atoms with van der Waals surface area (Å²) >= 11 is 0. The number of aromatic nitrogens is 3. The Hall–Kier alpha value is -3.67. The maximum atomic E-state index is 12.5. The van der Waals surface area contributed by atoms with Crippen molar-refractivity contribution in [2.45, 2.75) is 32.6 Å². The third-order valence-corrected chi connectivity index (χ3v) is 7.19. The highest BCUT2D eigenvalue weighted by Gasteiger charge is 2.36. The molecule has 2 aromatic heterocycles. The normalized spacial score (nSPS) is 18.0. The lowest BCUT2D eigenvalue weighted by Gasteiger charge is -2.19. The van der Waals surface area contributed by atoms with E-state index in [1.165, 1.54) is 5.39 Å². The van der Waals surface area contributed by atoms with Gasteiger partial charge in [0.25, 0.3) is 5.56 Å². The van der Waals surface area contributed by atoms with Gasteiger partial charge in [-0.25, -0.2) is 0 Å². The third-order valence-electron chi connectivity index (χ3n) is 7.19. The van der Waals surface area contributed by atoms with Crippen molar-refractivity contribution in [2.75, 3.05) is 13.1 Å². The molecule has 6 rings (SSSR count). The highest BCUT2D eigenvalue weighted by atomic mass is 16.2. The van der Waals surface area contributed by atoms with Crippen LogP contribution in [0, 0.1) is 18.8 Å². The first-order valence-corrected chi connectivity index (χ1v) is 12.1. The zero-order valence-electron chi connectivity index (χ0n) is 19.3. The van der Waals surface area contributed by atoms with Gasteiger partial charge in [-0.15, -0.1) is 0 Å². The van der Waals surface area contributed by atoms with Crippen molar-refractivity contribution in [1.82, 2.24) is 19.4 Å². The van der Waals surface area contributed by atoms with Crippen LogP contribution in [0.15, 0.2) is 65.6 Å². The summed E-state index contributed by atoms with van der Waals surface area (Å²) in [7, 11) is 0. The molecule has 1 saturated carbocycles. The number of H-pyrrole nitrogens is 1. The van der Waals surface area contributed by atoms with E-state index in [0.29, 0.717) is 18.2 Å². The second-order valence-electron chi connectivity index (χ2n) is 9.73. The first-order chi connectivity index (χ1) is 16.5. The van der Waals surface area contributed by atoms with Gasteiger partial charge in [-0.2, -0.15) is 4.98 Å². The van der Waals surface area contributed by atoms with Crippen LogP contribution in [-0.4, -0.2) is 38.4 Å². The molecular weight excluding hydrogens is 424 g/mol. The molecule has 6 heteroatoms. The zero-order chi connectivity index (χ0) is 23.2. The number of benzene rings is 2. The quantitative estimate of drug-likeness (QED) is 0.485. The first-order valence-electron chi connectivity index (χ1n) is 12.1. The van der Waals surface area contributed by atoms with Crippen molar-refractivity contribution >= 4 is 16.8 Å². The van der Waals surface area contributed by atoms with Gasteiger partial charge in [0, 0.05) is 54.6 Å². The number of nitrogens with zero attached hydrogens (tertiary/aromatic N) is 3. The molecule has 0 radical (unpaired) electrons. The molecule has 1 aliphatic heterocycles. The van der Waals surface area contributed by atoms with Gasteiger partial charge in [-0.1, -0.05) is 24.3 Å². The van der Waals surface area contributed by atoms with Gasteiger partial charge in [-0.05, 0) is 72.9 Å². The summed E-state index contributed by atoms with van der Waals surface area (Å²) in [5, 5.41) is 1.20. The number of rotatable bonds is 5. The van der Waals surface area contributed by atoms with Crippen LogP contribution in [0.25, 0.3) is 27.7 Å². The molecule has 3 heterocycles. The van der Waals surface area contributed by atoms with E-state index >= 15 is 0 Å². The van der Waals surface area contributed by atoms with E-state index in [4.69, 9.17) is 0 Å². The van der Waals surface area contributed by atoms with E-state index in [1.54, 1.807) is 6.07 Å². The Balaban J connectivity index is 1.27. The summed E-state index contributed by atoms with van der Waals surface area (Å²) in [6.07, 6.45) is 5.68. The molecule has 2 aliphatic rings. The maximum absolute atomic E-state index is 12.5. The van der Waals surface area contributed by atoms with Crippen LogP contribution in [-0.2, 0) is 11.2 Å². The highest BCUT2D eigenvalue weighted by molar-refractivity contribution is 5.85. The van der Waals surface area contributed by atoms with Gasteiger partial charge in [-0.3, -0.25) is 9.59 Å². The first kappa shape index (κ1) is 20.9. The summed E-state index contributed by atoms with van der Waals surface area (Å²) in [5.74, 6) is 1.67. The number of hydrogen-bond donors (Lipinski definition) is 1. The van der Waals surface area contributed by atoms with E-state index in [9.17, 15) is 9.59 Å². The maximum Gasteiger partial charge on any atom is 0.273 e. The number of likely N-dealkylation sites (tertiary alicyclic amines) is 1. The fraction of sp³-hybridized carbons (Fsp3) is 0.321. The molecule has 0 bridgehead atoms. The number of hydrogen-bond acceptors (Lipinski definition) is 3. The Bertz CT molecular complexity index is 1430. The molecule has 1 N–H and O–H groups in total. The van der Waals surface area contributed by atoms with Crippen LogP contribution < -0.4 is 5.56 Å². The summed E-state index contributed by atoms with van der Waals surface area (Å²) in [6.45, 7) is 3.53. The fourth-order valence-corrected chi connectivity index (χ4v) is 5.22. The number of carbonyl (C=O) groups is 1. The van der Waals surface area contributed by atoms with Crippen LogP contribution in [0.5, 0.6) is 0 Å². The monoisotopic (exact) mass is 452 g/mol. The van der Waals surface area contributed by atoms with E-state index < -0.39 is 0 Å². The predicted octanol–water partition coefficient (Wildman–Crippen LogP) is 4.49. The van der Waals surface area contributed by atoms with Crippen molar-refractivity contribution in [1.29, 1.82) is 0 Å². The molecule has 2 fully saturated rings. The summed E-state index contributed by atoms with van der Waals surface area (Å²) in [6, 6.07) is 18.5. The molecule has 2 aromatic carbocycles. The fourth-order valence-electron chi connectivity index (χ4n) is 5.22. The average molecular weight is 453 g/mol. The molecule has 1 aliphatic carbocycles. The van der Waals surface area contributed by atoms with Gasteiger partial charge >= 0.3 is 0 Å². The molecule has 0 unspecified atom stereocenters. The molecule has 1 saturated heterocycles. The molecular formula is C28H28N4O2. The smallest absolute Gasteiger partial charge is 0.273 e. The minimum Gasteiger partial charge on any atom is -0.361 e. The Morgan fingerprint density at radius 1 is 1.03 bits per heavy atom. The minimum absolute atomic E-state index is 0.205. The second kappa shape index (κ2) is 8.28. The number of amides is 1. The van der Waals surface area contributed by atoms with E-state index in [0.717, 1.165) is 66.2 Å². The standard InChI is InChI=1S/C28H28N4O2/c1-18-14-27(33)30-26(15-19-11-13-31(17-19)28(34)22-3-4-22)32(18)24-8-6-20(7-9-24)23-5-2-21-10-12-29-25(21)16-23/h2,5-10,12,14,16,19,22,29H,3-4,11,13,15,17H2,1H3/t19-/m0/s1. The number of nitrogens with one attached hydrogen (secondary N) is 1. The van der Waals surface area contributed by atoms with E-state index in [1.807, 2.05) is 18.0 Å². The van der Waals surface area contributed by atoms with Crippen molar-refractivity contribution in [3.05, 3.63) is 82.7 Å². The lowest BCUT2D eigenvalue weighted by atomic mass is 10.0. The summed E-state index contributed by atoms with van der Waals surface area (Å²) < 4.78 is 2.09. The molecule has 0 spiro atoms. The van der Waals surface area contributed by atoms with Crippen molar-refractivity contribution in [3.8, 4) is 16.8 Å². The van der Waals surface area contributed by atoms with Gasteiger partial charge in [0.1, 0.15) is 5.82 Å². The highest BCUT2D eigenvalue weighted by Crippen LogP contribution is 2.33. The van der Waals surface area contributed by atoms with Crippen LogP contribution in [0.3, 0.4) is 0 Å². The van der Waals surface area contributed by atoms with E-state index in [-0.39, 0.29) is 11.5 Å². The van der Waals surface area contributed by atoms with Gasteiger partial charge in [0.2, 0.25) is 5.91 Å². The SMILES string of the molecule is Cc1cc(=O)nc(C[C@@H]2CCN(C(=O)C3CC3)C2)n1-c1ccc(-c2ccc3cc[nH]c3c2)cc1. The van der Waals surface area contributed by atoms with Crippen LogP contribution in [0.1, 0.15) is 30.8 Å². The summed E-state index contributed by atoms with van der Waals surface area (Å²) in [4.78, 5) is 34.4. The minimum atomic E-state index is -0.205. The average Bonchev–Trinajstić information content (AvgIpc) is 3.39. The van der Waals surface area contributed by atoms with Crippen LogP contribution in [0.2, 0.25) is 0 Å². The topological polar surface area (TPSA) is 71.0 Å². The molecule has 1 atom stereocenters. The van der Waals surface area contributed by atoms with E-state index in [2.05, 4.69) is 63.1 Å². The second-order valence-corrected chi connectivity index (χ2v) is 9.73. The molecule has 4 aromatic rings. The Morgan fingerprint density at radius 3 is 2.62 bits per heavy atom. The molecule has 172 valence electrons. The van der Waals surface area contributed by atoms with Gasteiger partial charge < -0.3 is 14.5 Å². The van der Waals surface area contributed by atoms with Gasteiger partial charge in [0.15, 0.2) is 0 Å². The lowest BCUT2D eigenvalue weighted by molar-refractivity contribution is -0.131. The summed E-state index contributed by atoms with van der Waals surface area (Å²) in [5.41, 5.74) is 5.08. The largest absolute Gasteiger partial charge is 0.361 e. The van der Waals surface area contributed by atoms with Crippen molar-refractivity contribution in [3.63, 3.8) is 0 Å². The number of fused-ring (bicyclic) bond motifs is 1. The Kier molecular flexibility index (Phi) is 5.09. The molecule has 1 amide bonds. The number of aromatic amines is 1. The van der Waals surface area contributed by atoms with Crippen LogP contribution in [0.4, 0.5) is 0 Å². The van der Waals surface area contributed by atoms with Crippen molar-refractivity contribution < 1.29 is 4.79 Å². The van der Waals surface area contributed by atoms with Gasteiger partial charge in [0.05, 0.1) is 0 Å². The zero-order valence-corrected chi connectivity index (χ0v) is 19.3. The molecule has 34 heavy (non-hydrogen) atoms. The Morgan fingerprint density at radius 2 is 1.82 bits per heavy atom. The lowest BCUT2D eigenvalue weighted by Crippen LogP contribution is -2.30. The third kappa shape index (κ3) is 3.94. The predicted molar refractivity (Wildman–Crippen MR) is 133 cm³/mol. The molecule has 6 nitrogen and oxygen atoms in total. The number of aryl methyl sites for hydroxylation is 1.